The molecule has 0 saturated heterocycles. The van der Waals surface area contributed by atoms with Gasteiger partial charge in [0.15, 0.2) is 0 Å². The minimum atomic E-state index is -0.981. The molecule has 0 saturated carbocycles. The third kappa shape index (κ3) is 36.1. The highest BCUT2D eigenvalue weighted by Gasteiger charge is 1.91. The average Bonchev–Trinajstić information content (AvgIpc) is 2.40. The standard InChI is InChI=1S/C7H12O2.C4H6O2.C3H4O2/c1-3-5-6-9-7(8)4-2;1-2-3-4(5)6;1-2-3(4)5/h4H,2-3,5-6H2,1H3;2H,1,3H2,(H,5,6);2H,1H2,(H,4,5). The average molecular weight is 286 g/mol. The summed E-state index contributed by atoms with van der Waals surface area (Å²) >= 11 is 0. The molecule has 0 aliphatic heterocycles. The Morgan fingerprint density at radius 1 is 1.10 bits per heavy atom. The van der Waals surface area contributed by atoms with E-state index in [-0.39, 0.29) is 12.4 Å². The molecule has 0 aromatic carbocycles. The fraction of sp³-hybridized carbons (Fsp3) is 0.357. The van der Waals surface area contributed by atoms with Crippen molar-refractivity contribution in [3.8, 4) is 0 Å². The van der Waals surface area contributed by atoms with Crippen molar-refractivity contribution in [2.24, 2.45) is 0 Å². The van der Waals surface area contributed by atoms with Crippen molar-refractivity contribution >= 4 is 17.9 Å². The summed E-state index contributed by atoms with van der Waals surface area (Å²) in [5.74, 6) is -2.14. The van der Waals surface area contributed by atoms with Gasteiger partial charge in [0.2, 0.25) is 0 Å². The Morgan fingerprint density at radius 2 is 1.60 bits per heavy atom. The second-order valence-corrected chi connectivity index (χ2v) is 3.15. The highest BCUT2D eigenvalue weighted by molar-refractivity contribution is 5.81. The van der Waals surface area contributed by atoms with E-state index in [0.29, 0.717) is 6.61 Å². The Bertz CT molecular complexity index is 320. The molecule has 0 heterocycles. The predicted molar refractivity (Wildman–Crippen MR) is 76.3 cm³/mol. The normalized spacial score (nSPS) is 7.65. The summed E-state index contributed by atoms with van der Waals surface area (Å²) in [6.45, 7) is 12.0. The van der Waals surface area contributed by atoms with Crippen molar-refractivity contribution in [3.63, 3.8) is 0 Å². The molecule has 6 heteroatoms. The van der Waals surface area contributed by atoms with E-state index < -0.39 is 11.9 Å². The lowest BCUT2D eigenvalue weighted by molar-refractivity contribution is -0.138. The van der Waals surface area contributed by atoms with Gasteiger partial charge in [-0.25, -0.2) is 9.59 Å². The quantitative estimate of drug-likeness (QED) is 0.322. The summed E-state index contributed by atoms with van der Waals surface area (Å²) in [7, 11) is 0. The van der Waals surface area contributed by atoms with Gasteiger partial charge in [0.05, 0.1) is 13.0 Å². The van der Waals surface area contributed by atoms with Crippen molar-refractivity contribution in [1.82, 2.24) is 0 Å². The van der Waals surface area contributed by atoms with E-state index in [0.717, 1.165) is 18.9 Å². The van der Waals surface area contributed by atoms with Gasteiger partial charge in [0, 0.05) is 12.2 Å². The molecule has 0 unspecified atom stereocenters. The molecule has 0 radical (unpaired) electrons. The maximum Gasteiger partial charge on any atom is 0.330 e. The van der Waals surface area contributed by atoms with Crippen LogP contribution in [0.15, 0.2) is 38.0 Å². The summed E-state index contributed by atoms with van der Waals surface area (Å²) in [5, 5.41) is 15.4. The first kappa shape index (κ1) is 22.8. The van der Waals surface area contributed by atoms with Gasteiger partial charge in [-0.05, 0) is 6.42 Å². The number of esters is 1. The number of ether oxygens (including phenoxy) is 1. The summed E-state index contributed by atoms with van der Waals surface area (Å²) in [6.07, 6.45) is 5.39. The van der Waals surface area contributed by atoms with Crippen LogP contribution in [-0.2, 0) is 19.1 Å². The van der Waals surface area contributed by atoms with Crippen LogP contribution in [0.5, 0.6) is 0 Å². The molecular formula is C14H22O6. The molecule has 0 amide bonds. The third-order valence-electron chi connectivity index (χ3n) is 1.40. The molecule has 2 N–H and O–H groups in total. The highest BCUT2D eigenvalue weighted by atomic mass is 16.5. The van der Waals surface area contributed by atoms with Crippen LogP contribution in [0.3, 0.4) is 0 Å². The molecule has 0 rings (SSSR count). The number of carbonyl (C=O) groups is 3. The molecule has 0 atom stereocenters. The lowest BCUT2D eigenvalue weighted by Crippen LogP contribution is -2.00. The predicted octanol–water partition coefficient (Wildman–Crippen LogP) is 2.42. The van der Waals surface area contributed by atoms with Crippen molar-refractivity contribution in [2.45, 2.75) is 26.2 Å². The monoisotopic (exact) mass is 286 g/mol. The molecule has 0 fully saturated rings. The lowest BCUT2D eigenvalue weighted by Gasteiger charge is -1.97. The van der Waals surface area contributed by atoms with Gasteiger partial charge in [-0.15, -0.1) is 6.58 Å². The van der Waals surface area contributed by atoms with Crippen molar-refractivity contribution < 1.29 is 29.3 Å². The van der Waals surface area contributed by atoms with Gasteiger partial charge in [-0.1, -0.05) is 32.6 Å². The van der Waals surface area contributed by atoms with Crippen LogP contribution in [-0.4, -0.2) is 34.7 Å². The second-order valence-electron chi connectivity index (χ2n) is 3.15. The Morgan fingerprint density at radius 3 is 1.80 bits per heavy atom. The minimum absolute atomic E-state index is 0.0556. The van der Waals surface area contributed by atoms with Crippen molar-refractivity contribution in [3.05, 3.63) is 38.0 Å². The number of carbonyl (C=O) groups excluding carboxylic acids is 1. The van der Waals surface area contributed by atoms with E-state index in [1.165, 1.54) is 12.2 Å². The minimum Gasteiger partial charge on any atom is -0.481 e. The van der Waals surface area contributed by atoms with Gasteiger partial charge in [-0.3, -0.25) is 4.79 Å². The van der Waals surface area contributed by atoms with Crippen LogP contribution in [0.25, 0.3) is 0 Å². The van der Waals surface area contributed by atoms with E-state index >= 15 is 0 Å². The van der Waals surface area contributed by atoms with Gasteiger partial charge in [0.1, 0.15) is 0 Å². The molecular weight excluding hydrogens is 264 g/mol. The van der Waals surface area contributed by atoms with Crippen molar-refractivity contribution in [2.75, 3.05) is 6.61 Å². The maximum atomic E-state index is 10.3. The van der Waals surface area contributed by atoms with Crippen molar-refractivity contribution in [1.29, 1.82) is 0 Å². The van der Waals surface area contributed by atoms with Crippen LogP contribution in [0.4, 0.5) is 0 Å². The zero-order chi connectivity index (χ0) is 16.4. The second kappa shape index (κ2) is 19.0. The zero-order valence-electron chi connectivity index (χ0n) is 11.7. The van der Waals surface area contributed by atoms with E-state index in [9.17, 15) is 14.4 Å². The fourth-order valence-electron chi connectivity index (χ4n) is 0.499. The van der Waals surface area contributed by atoms with E-state index in [4.69, 9.17) is 10.2 Å². The Kier molecular flexibility index (Phi) is 21.6. The number of hydrogen-bond acceptors (Lipinski definition) is 4. The molecule has 0 aromatic heterocycles. The molecule has 20 heavy (non-hydrogen) atoms. The van der Waals surface area contributed by atoms with Crippen LogP contribution < -0.4 is 0 Å². The summed E-state index contributed by atoms with van der Waals surface area (Å²) < 4.78 is 4.67. The zero-order valence-corrected chi connectivity index (χ0v) is 11.7. The fourth-order valence-corrected chi connectivity index (χ4v) is 0.499. The summed E-state index contributed by atoms with van der Waals surface area (Å²) in [5.41, 5.74) is 0. The van der Waals surface area contributed by atoms with E-state index in [1.54, 1.807) is 0 Å². The molecule has 0 aliphatic rings. The number of aliphatic carboxylic acids is 2. The number of carboxylic acid groups (broad SMARTS) is 2. The van der Waals surface area contributed by atoms with Crippen LogP contribution in [0.2, 0.25) is 0 Å². The molecule has 6 nitrogen and oxygen atoms in total. The number of rotatable bonds is 7. The topological polar surface area (TPSA) is 101 Å². The third-order valence-corrected chi connectivity index (χ3v) is 1.40. The lowest BCUT2D eigenvalue weighted by atomic mass is 10.4. The number of carboxylic acids is 2. The molecule has 0 spiro atoms. The van der Waals surface area contributed by atoms with Gasteiger partial charge in [0.25, 0.3) is 0 Å². The van der Waals surface area contributed by atoms with Gasteiger partial charge >= 0.3 is 17.9 Å². The Labute approximate surface area is 119 Å². The molecule has 0 aromatic rings. The largest absolute Gasteiger partial charge is 0.481 e. The maximum absolute atomic E-state index is 10.3. The number of unbranched alkanes of at least 4 members (excludes halogenated alkanes) is 1. The van der Waals surface area contributed by atoms with Crippen LogP contribution in [0, 0.1) is 0 Å². The molecule has 0 aliphatic carbocycles. The number of hydrogen-bond donors (Lipinski definition) is 2. The Balaban J connectivity index is -0.000000230. The SMILES string of the molecule is C=CC(=O)O.C=CC(=O)OCCCC.C=CCC(=O)O. The first-order chi connectivity index (χ1) is 9.35. The summed E-state index contributed by atoms with van der Waals surface area (Å²) in [6, 6.07) is 0. The van der Waals surface area contributed by atoms with Crippen LogP contribution >= 0.6 is 0 Å². The van der Waals surface area contributed by atoms with E-state index in [1.807, 2.05) is 6.92 Å². The molecule has 114 valence electrons. The van der Waals surface area contributed by atoms with Gasteiger partial charge in [-0.2, -0.15) is 0 Å². The van der Waals surface area contributed by atoms with Gasteiger partial charge < -0.3 is 14.9 Å². The summed E-state index contributed by atoms with van der Waals surface area (Å²) in [4.78, 5) is 29.1. The van der Waals surface area contributed by atoms with Crippen LogP contribution in [0.1, 0.15) is 26.2 Å². The molecule has 0 bridgehead atoms. The Hall–Kier alpha value is -2.37. The highest BCUT2D eigenvalue weighted by Crippen LogP contribution is 1.88. The smallest absolute Gasteiger partial charge is 0.330 e. The van der Waals surface area contributed by atoms with E-state index in [2.05, 4.69) is 24.5 Å². The first-order valence-corrected chi connectivity index (χ1v) is 5.82. The first-order valence-electron chi connectivity index (χ1n) is 5.82.